The van der Waals surface area contributed by atoms with E-state index in [0.717, 1.165) is 15.8 Å². The topological polar surface area (TPSA) is 46.0 Å². The molecule has 0 spiro atoms. The Labute approximate surface area is 96.5 Å². The van der Waals surface area contributed by atoms with Crippen molar-refractivity contribution in [2.45, 2.75) is 5.03 Å². The molecule has 2 aromatic rings. The first kappa shape index (κ1) is 10.7. The number of fused-ring (bicyclic) bond motifs is 1. The van der Waals surface area contributed by atoms with Gasteiger partial charge in [-0.2, -0.15) is 0 Å². The van der Waals surface area contributed by atoms with Crippen LogP contribution in [0.25, 0.3) is 10.8 Å². The minimum absolute atomic E-state index is 0.128. The number of aromatic nitrogens is 2. The maximum absolute atomic E-state index is 8.76. The van der Waals surface area contributed by atoms with Crippen molar-refractivity contribution in [3.63, 3.8) is 0 Å². The minimum Gasteiger partial charge on any atom is -0.396 e. The summed E-state index contributed by atoms with van der Waals surface area (Å²) in [5, 5.41) is 19.8. The van der Waals surface area contributed by atoms with Gasteiger partial charge >= 0.3 is 0 Å². The van der Waals surface area contributed by atoms with E-state index in [1.54, 1.807) is 0 Å². The molecule has 0 saturated carbocycles. The zero-order valence-electron chi connectivity index (χ0n) is 7.85. The van der Waals surface area contributed by atoms with Gasteiger partial charge < -0.3 is 5.11 Å². The highest BCUT2D eigenvalue weighted by atomic mass is 35.5. The first-order valence-electron chi connectivity index (χ1n) is 4.47. The molecule has 0 saturated heterocycles. The van der Waals surface area contributed by atoms with E-state index < -0.39 is 0 Å². The van der Waals surface area contributed by atoms with Crippen molar-refractivity contribution < 1.29 is 5.11 Å². The lowest BCUT2D eigenvalue weighted by Crippen LogP contribution is -1.92. The van der Waals surface area contributed by atoms with E-state index in [0.29, 0.717) is 10.9 Å². The van der Waals surface area contributed by atoms with Gasteiger partial charge in [-0.25, -0.2) is 0 Å². The lowest BCUT2D eigenvalue weighted by Gasteiger charge is -2.04. The Kier molecular flexibility index (Phi) is 3.41. The molecule has 1 aromatic carbocycles. The normalized spacial score (nSPS) is 10.8. The van der Waals surface area contributed by atoms with Crippen molar-refractivity contribution in [1.29, 1.82) is 0 Å². The molecule has 0 aliphatic rings. The molecule has 0 aliphatic heterocycles. The van der Waals surface area contributed by atoms with Crippen molar-refractivity contribution in [2.24, 2.45) is 0 Å². The molecule has 1 heterocycles. The lowest BCUT2D eigenvalue weighted by atomic mass is 10.2. The van der Waals surface area contributed by atoms with Crippen LogP contribution in [0.1, 0.15) is 0 Å². The SMILES string of the molecule is OCCSc1nnc(Cl)c2ccccc12. The summed E-state index contributed by atoms with van der Waals surface area (Å²) in [7, 11) is 0. The van der Waals surface area contributed by atoms with E-state index in [2.05, 4.69) is 10.2 Å². The highest BCUT2D eigenvalue weighted by molar-refractivity contribution is 7.99. The average molecular weight is 241 g/mol. The smallest absolute Gasteiger partial charge is 0.159 e. The van der Waals surface area contributed by atoms with Gasteiger partial charge in [-0.05, 0) is 0 Å². The summed E-state index contributed by atoms with van der Waals surface area (Å²) in [6.45, 7) is 0.128. The van der Waals surface area contributed by atoms with Gasteiger partial charge in [-0.3, -0.25) is 0 Å². The number of halogens is 1. The third kappa shape index (κ3) is 2.22. The van der Waals surface area contributed by atoms with Gasteiger partial charge in [0.2, 0.25) is 0 Å². The number of hydrogen-bond acceptors (Lipinski definition) is 4. The molecule has 1 N–H and O–H groups in total. The van der Waals surface area contributed by atoms with Gasteiger partial charge in [-0.1, -0.05) is 35.9 Å². The van der Waals surface area contributed by atoms with Gasteiger partial charge in [0, 0.05) is 16.5 Å². The fourth-order valence-corrected chi connectivity index (χ4v) is 2.21. The summed E-state index contributed by atoms with van der Waals surface area (Å²) in [5.41, 5.74) is 0. The quantitative estimate of drug-likeness (QED) is 0.837. The molecule has 78 valence electrons. The summed E-state index contributed by atoms with van der Waals surface area (Å²) < 4.78 is 0. The average Bonchev–Trinajstić information content (AvgIpc) is 2.29. The standard InChI is InChI=1S/C10H9ClN2OS/c11-9-7-3-1-2-4-8(7)10(13-12-9)15-6-5-14/h1-4,14H,5-6H2. The van der Waals surface area contributed by atoms with Crippen LogP contribution in [0.15, 0.2) is 29.3 Å². The molecule has 0 bridgehead atoms. The second-order valence-electron chi connectivity index (χ2n) is 2.91. The van der Waals surface area contributed by atoms with E-state index in [1.807, 2.05) is 24.3 Å². The molecule has 0 unspecified atom stereocenters. The third-order valence-corrected chi connectivity index (χ3v) is 3.18. The number of thioether (sulfide) groups is 1. The Morgan fingerprint density at radius 1 is 1.20 bits per heavy atom. The molecule has 15 heavy (non-hydrogen) atoms. The van der Waals surface area contributed by atoms with Crippen LogP contribution in [0.3, 0.4) is 0 Å². The number of aliphatic hydroxyl groups is 1. The summed E-state index contributed by atoms with van der Waals surface area (Å²) in [4.78, 5) is 0. The van der Waals surface area contributed by atoms with E-state index in [9.17, 15) is 0 Å². The molecule has 0 fully saturated rings. The predicted molar refractivity (Wildman–Crippen MR) is 62.4 cm³/mol. The Morgan fingerprint density at radius 2 is 1.93 bits per heavy atom. The second kappa shape index (κ2) is 4.79. The maximum atomic E-state index is 8.76. The maximum Gasteiger partial charge on any atom is 0.159 e. The second-order valence-corrected chi connectivity index (χ2v) is 4.36. The van der Waals surface area contributed by atoms with Crippen LogP contribution in [0.4, 0.5) is 0 Å². The predicted octanol–water partition coefficient (Wildman–Crippen LogP) is 2.37. The highest BCUT2D eigenvalue weighted by Gasteiger charge is 2.06. The number of nitrogens with zero attached hydrogens (tertiary/aromatic N) is 2. The molecule has 5 heteroatoms. The summed E-state index contributed by atoms with van der Waals surface area (Å²) >= 11 is 7.41. The molecule has 0 amide bonds. The number of benzene rings is 1. The van der Waals surface area contributed by atoms with Crippen LogP contribution < -0.4 is 0 Å². The van der Waals surface area contributed by atoms with Gasteiger partial charge in [0.15, 0.2) is 5.15 Å². The molecule has 0 radical (unpaired) electrons. The summed E-state index contributed by atoms with van der Waals surface area (Å²) in [6.07, 6.45) is 0. The zero-order chi connectivity index (χ0) is 10.7. The lowest BCUT2D eigenvalue weighted by molar-refractivity contribution is 0.322. The monoisotopic (exact) mass is 240 g/mol. The van der Waals surface area contributed by atoms with Gasteiger partial charge in [-0.15, -0.1) is 22.0 Å². The van der Waals surface area contributed by atoms with Crippen molar-refractivity contribution in [1.82, 2.24) is 10.2 Å². The van der Waals surface area contributed by atoms with Crippen molar-refractivity contribution >= 4 is 34.1 Å². The van der Waals surface area contributed by atoms with Crippen molar-refractivity contribution in [2.75, 3.05) is 12.4 Å². The number of hydrogen-bond donors (Lipinski definition) is 1. The molecule has 0 atom stereocenters. The molecule has 3 nitrogen and oxygen atoms in total. The largest absolute Gasteiger partial charge is 0.396 e. The van der Waals surface area contributed by atoms with Gasteiger partial charge in [0.25, 0.3) is 0 Å². The van der Waals surface area contributed by atoms with E-state index >= 15 is 0 Å². The van der Waals surface area contributed by atoms with Crippen LogP contribution in [-0.2, 0) is 0 Å². The highest BCUT2D eigenvalue weighted by Crippen LogP contribution is 2.28. The van der Waals surface area contributed by atoms with Gasteiger partial charge in [0.05, 0.1) is 6.61 Å². The summed E-state index contributed by atoms with van der Waals surface area (Å²) in [5.74, 6) is 0.611. The van der Waals surface area contributed by atoms with Crippen LogP contribution in [0.2, 0.25) is 5.15 Å². The Hall–Kier alpha value is -0.840. The number of aliphatic hydroxyl groups excluding tert-OH is 1. The Balaban J connectivity index is 2.51. The van der Waals surface area contributed by atoms with E-state index in [-0.39, 0.29) is 6.61 Å². The van der Waals surface area contributed by atoms with Crippen LogP contribution in [0.5, 0.6) is 0 Å². The Morgan fingerprint density at radius 3 is 2.67 bits per heavy atom. The van der Waals surface area contributed by atoms with Crippen LogP contribution in [0, 0.1) is 0 Å². The van der Waals surface area contributed by atoms with E-state index in [4.69, 9.17) is 16.7 Å². The van der Waals surface area contributed by atoms with Crippen molar-refractivity contribution in [3.8, 4) is 0 Å². The first-order chi connectivity index (χ1) is 7.33. The fraction of sp³-hybridized carbons (Fsp3) is 0.200. The Bertz CT molecular complexity index is 478. The first-order valence-corrected chi connectivity index (χ1v) is 5.84. The van der Waals surface area contributed by atoms with E-state index in [1.165, 1.54) is 11.8 Å². The molecule has 2 rings (SSSR count). The van der Waals surface area contributed by atoms with Crippen LogP contribution in [-0.4, -0.2) is 27.7 Å². The molecular weight excluding hydrogens is 232 g/mol. The van der Waals surface area contributed by atoms with Crippen molar-refractivity contribution in [3.05, 3.63) is 29.4 Å². The minimum atomic E-state index is 0.128. The number of rotatable bonds is 3. The molecule has 0 aliphatic carbocycles. The fourth-order valence-electron chi connectivity index (χ4n) is 1.30. The van der Waals surface area contributed by atoms with Gasteiger partial charge in [0.1, 0.15) is 5.03 Å². The third-order valence-electron chi connectivity index (χ3n) is 1.94. The van der Waals surface area contributed by atoms with Crippen LogP contribution >= 0.6 is 23.4 Å². The molecule has 1 aromatic heterocycles. The zero-order valence-corrected chi connectivity index (χ0v) is 9.42. The summed E-state index contributed by atoms with van der Waals surface area (Å²) in [6, 6.07) is 7.71. The molecular formula is C10H9ClN2OS.